The fourth-order valence-electron chi connectivity index (χ4n) is 1.64. The van der Waals surface area contributed by atoms with Crippen LogP contribution in [0.1, 0.15) is 29.2 Å². The van der Waals surface area contributed by atoms with Crippen LogP contribution in [0.2, 0.25) is 0 Å². The smallest absolute Gasteiger partial charge is 0.211 e. The third-order valence-corrected chi connectivity index (χ3v) is 2.82. The number of hydrogen-bond acceptors (Lipinski definition) is 2. The number of aliphatic imine (C=N–C) groups is 1. The van der Waals surface area contributed by atoms with E-state index < -0.39 is 0 Å². The van der Waals surface area contributed by atoms with Crippen molar-refractivity contribution in [1.29, 1.82) is 0 Å². The molecule has 0 aliphatic heterocycles. The molecule has 0 aromatic heterocycles. The number of isocyanates is 1. The minimum Gasteiger partial charge on any atom is -0.211 e. The number of rotatable bonds is 2. The van der Waals surface area contributed by atoms with E-state index in [2.05, 4.69) is 18.5 Å². The lowest BCUT2D eigenvalue weighted by Gasteiger charge is -2.13. The lowest BCUT2D eigenvalue weighted by molar-refractivity contribution is 0.565. The average Bonchev–Trinajstić information content (AvgIpc) is 2.18. The van der Waals surface area contributed by atoms with Gasteiger partial charge in [-0.15, -0.1) is 0 Å². The highest BCUT2D eigenvalue weighted by atomic mass is 16.1. The van der Waals surface area contributed by atoms with E-state index in [9.17, 15) is 4.79 Å². The van der Waals surface area contributed by atoms with Gasteiger partial charge in [-0.1, -0.05) is 12.2 Å². The quantitative estimate of drug-likeness (QED) is 0.531. The molecule has 2 nitrogen and oxygen atoms in total. The number of allylic oxidation sites excluding steroid dienone is 1. The molecule has 0 amide bonds. The van der Waals surface area contributed by atoms with Crippen LogP contribution in [0.5, 0.6) is 0 Å². The van der Waals surface area contributed by atoms with Crippen molar-refractivity contribution in [3.05, 3.63) is 34.9 Å². The van der Waals surface area contributed by atoms with E-state index in [-0.39, 0.29) is 0 Å². The second-order valence-corrected chi connectivity index (χ2v) is 3.80. The summed E-state index contributed by atoms with van der Waals surface area (Å²) in [7, 11) is 0. The summed E-state index contributed by atoms with van der Waals surface area (Å²) >= 11 is 0. The van der Waals surface area contributed by atoms with Crippen molar-refractivity contribution in [3.63, 3.8) is 0 Å². The molecule has 0 aliphatic carbocycles. The molecule has 78 valence electrons. The van der Waals surface area contributed by atoms with Crippen LogP contribution in [0.3, 0.4) is 0 Å². The van der Waals surface area contributed by atoms with Crippen molar-refractivity contribution in [2.24, 2.45) is 4.99 Å². The maximum Gasteiger partial charge on any atom is 0.240 e. The molecule has 0 saturated heterocycles. The normalized spacial score (nSPS) is 9.60. The van der Waals surface area contributed by atoms with Gasteiger partial charge in [0.2, 0.25) is 6.08 Å². The molecule has 0 fully saturated rings. The molecule has 2 heteroatoms. The molecule has 0 bridgehead atoms. The van der Waals surface area contributed by atoms with Gasteiger partial charge >= 0.3 is 0 Å². The van der Waals surface area contributed by atoms with Gasteiger partial charge in [0.1, 0.15) is 0 Å². The Morgan fingerprint density at radius 3 is 2.33 bits per heavy atom. The van der Waals surface area contributed by atoms with E-state index in [0.717, 1.165) is 22.3 Å². The van der Waals surface area contributed by atoms with Crippen molar-refractivity contribution in [1.82, 2.24) is 0 Å². The van der Waals surface area contributed by atoms with E-state index in [1.807, 2.05) is 26.8 Å². The van der Waals surface area contributed by atoms with E-state index in [1.54, 1.807) is 6.08 Å². The van der Waals surface area contributed by atoms with Crippen molar-refractivity contribution >= 4 is 17.3 Å². The van der Waals surface area contributed by atoms with Crippen molar-refractivity contribution in [2.45, 2.75) is 27.7 Å². The van der Waals surface area contributed by atoms with Crippen LogP contribution < -0.4 is 0 Å². The summed E-state index contributed by atoms with van der Waals surface area (Å²) in [6.07, 6.45) is 1.58. The Labute approximate surface area is 90.4 Å². The zero-order valence-electron chi connectivity index (χ0n) is 9.64. The van der Waals surface area contributed by atoms with Crippen LogP contribution in [0, 0.1) is 20.8 Å². The van der Waals surface area contributed by atoms with Gasteiger partial charge in [0.15, 0.2) is 0 Å². The molecule has 1 rings (SSSR count). The monoisotopic (exact) mass is 201 g/mol. The van der Waals surface area contributed by atoms with Gasteiger partial charge in [0, 0.05) is 0 Å². The fourth-order valence-corrected chi connectivity index (χ4v) is 1.64. The predicted octanol–water partition coefficient (Wildman–Crippen LogP) is 3.61. The van der Waals surface area contributed by atoms with E-state index in [1.165, 1.54) is 5.56 Å². The fraction of sp³-hybridized carbons (Fsp3) is 0.308. The summed E-state index contributed by atoms with van der Waals surface area (Å²) in [6, 6.07) is 1.89. The maximum absolute atomic E-state index is 10.3. The first kappa shape index (κ1) is 11.4. The van der Waals surface area contributed by atoms with Crippen molar-refractivity contribution in [2.75, 3.05) is 0 Å². The Hall–Kier alpha value is -1.66. The molecule has 0 atom stereocenters. The Kier molecular flexibility index (Phi) is 3.23. The Morgan fingerprint density at radius 2 is 1.87 bits per heavy atom. The topological polar surface area (TPSA) is 29.4 Å². The highest BCUT2D eigenvalue weighted by molar-refractivity contribution is 5.72. The maximum atomic E-state index is 10.3. The first-order chi connectivity index (χ1) is 6.99. The van der Waals surface area contributed by atoms with Crippen LogP contribution in [0.25, 0.3) is 5.57 Å². The molecule has 0 heterocycles. The summed E-state index contributed by atoms with van der Waals surface area (Å²) in [4.78, 5) is 14.0. The molecular weight excluding hydrogens is 186 g/mol. The van der Waals surface area contributed by atoms with Crippen LogP contribution in [0.15, 0.2) is 17.6 Å². The zero-order chi connectivity index (χ0) is 11.6. The molecule has 0 saturated carbocycles. The van der Waals surface area contributed by atoms with Crippen molar-refractivity contribution < 1.29 is 4.79 Å². The van der Waals surface area contributed by atoms with Crippen molar-refractivity contribution in [3.8, 4) is 0 Å². The summed E-state index contributed by atoms with van der Waals surface area (Å²) < 4.78 is 0. The third-order valence-electron chi connectivity index (χ3n) is 2.82. The van der Waals surface area contributed by atoms with Gasteiger partial charge in [-0.25, -0.2) is 4.79 Å². The first-order valence-corrected chi connectivity index (χ1v) is 4.83. The molecule has 1 aromatic rings. The SMILES string of the molecule is C=C(C)c1cc(N=C=O)c(C)c(C)c1C. The predicted molar refractivity (Wildman–Crippen MR) is 63.1 cm³/mol. The van der Waals surface area contributed by atoms with Crippen LogP contribution in [0.4, 0.5) is 5.69 Å². The first-order valence-electron chi connectivity index (χ1n) is 4.83. The molecule has 0 radical (unpaired) electrons. The lowest BCUT2D eigenvalue weighted by atomic mass is 9.94. The lowest BCUT2D eigenvalue weighted by Crippen LogP contribution is -1.93. The Bertz CT molecular complexity index is 440. The highest BCUT2D eigenvalue weighted by Crippen LogP contribution is 2.30. The molecule has 15 heavy (non-hydrogen) atoms. The average molecular weight is 201 g/mol. The van der Waals surface area contributed by atoms with Crippen LogP contribution in [-0.4, -0.2) is 6.08 Å². The molecule has 0 spiro atoms. The number of carbonyl (C=O) groups excluding carboxylic acids is 1. The van der Waals surface area contributed by atoms with Crippen LogP contribution in [-0.2, 0) is 4.79 Å². The Morgan fingerprint density at radius 1 is 1.27 bits per heavy atom. The highest BCUT2D eigenvalue weighted by Gasteiger charge is 2.09. The van der Waals surface area contributed by atoms with Gasteiger partial charge < -0.3 is 0 Å². The molecule has 1 aromatic carbocycles. The minimum atomic E-state index is 0.686. The third kappa shape index (κ3) is 2.05. The van der Waals surface area contributed by atoms with Gasteiger partial charge in [-0.3, -0.25) is 0 Å². The minimum absolute atomic E-state index is 0.686. The molecular formula is C13H15NO. The second kappa shape index (κ2) is 4.24. The number of nitrogens with zero attached hydrogens (tertiary/aromatic N) is 1. The van der Waals surface area contributed by atoms with E-state index in [0.29, 0.717) is 5.69 Å². The molecule has 0 aliphatic rings. The summed E-state index contributed by atoms with van der Waals surface area (Å²) in [5, 5.41) is 0. The molecule has 0 N–H and O–H groups in total. The Balaban J connectivity index is 3.58. The summed E-state index contributed by atoms with van der Waals surface area (Å²) in [6.45, 7) is 11.9. The van der Waals surface area contributed by atoms with Gasteiger partial charge in [0.25, 0.3) is 0 Å². The second-order valence-electron chi connectivity index (χ2n) is 3.80. The largest absolute Gasteiger partial charge is 0.240 e. The van der Waals surface area contributed by atoms with Gasteiger partial charge in [0.05, 0.1) is 5.69 Å². The van der Waals surface area contributed by atoms with Gasteiger partial charge in [-0.05, 0) is 56.0 Å². The van der Waals surface area contributed by atoms with Gasteiger partial charge in [-0.2, -0.15) is 4.99 Å². The van der Waals surface area contributed by atoms with E-state index >= 15 is 0 Å². The number of hydrogen-bond donors (Lipinski definition) is 0. The zero-order valence-corrected chi connectivity index (χ0v) is 9.64. The van der Waals surface area contributed by atoms with Crippen LogP contribution >= 0.6 is 0 Å². The van der Waals surface area contributed by atoms with E-state index in [4.69, 9.17) is 0 Å². The standard InChI is InChI=1S/C13H15NO/c1-8(2)12-6-13(14-7-15)11(5)9(3)10(12)4/h6H,1H2,2-5H3. The summed E-state index contributed by atoms with van der Waals surface area (Å²) in [5.74, 6) is 0. The summed E-state index contributed by atoms with van der Waals surface area (Å²) in [5.41, 5.74) is 6.12. The number of benzene rings is 1. The molecule has 0 unspecified atom stereocenters.